The van der Waals surface area contributed by atoms with Crippen molar-refractivity contribution in [1.29, 1.82) is 0 Å². The summed E-state index contributed by atoms with van der Waals surface area (Å²) in [5.41, 5.74) is 10.1. The number of nitrogens with zero attached hydrogens (tertiary/aromatic N) is 2. The summed E-state index contributed by atoms with van der Waals surface area (Å²) in [6.45, 7) is 4.21. The second kappa shape index (κ2) is 6.61. The fraction of sp³-hybridized carbons (Fsp3) is 0.333. The first kappa shape index (κ1) is 17.4. The molecule has 6 nitrogen and oxygen atoms in total. The van der Waals surface area contributed by atoms with E-state index in [1.807, 2.05) is 37.4 Å². The zero-order chi connectivity index (χ0) is 19.1. The van der Waals surface area contributed by atoms with Gasteiger partial charge in [0.2, 0.25) is 0 Å². The summed E-state index contributed by atoms with van der Waals surface area (Å²) in [7, 11) is 1.65. The molecule has 1 amide bonds. The van der Waals surface area contributed by atoms with Gasteiger partial charge in [-0.05, 0) is 49.9 Å². The average molecular weight is 364 g/mol. The monoisotopic (exact) mass is 364 g/mol. The van der Waals surface area contributed by atoms with Gasteiger partial charge in [0.15, 0.2) is 5.69 Å². The molecule has 1 aliphatic carbocycles. The number of nitrogens with one attached hydrogen (secondary N) is 1. The molecule has 0 radical (unpaired) electrons. The van der Waals surface area contributed by atoms with E-state index in [0.29, 0.717) is 17.4 Å². The van der Waals surface area contributed by atoms with E-state index in [2.05, 4.69) is 23.3 Å². The maximum absolute atomic E-state index is 12.7. The van der Waals surface area contributed by atoms with Gasteiger partial charge in [-0.1, -0.05) is 18.6 Å². The zero-order valence-corrected chi connectivity index (χ0v) is 15.8. The van der Waals surface area contributed by atoms with Crippen molar-refractivity contribution in [2.75, 3.05) is 12.8 Å². The Kier molecular flexibility index (Phi) is 4.26. The van der Waals surface area contributed by atoms with Gasteiger partial charge >= 0.3 is 0 Å². The Labute approximate surface area is 158 Å². The number of carbonyl (C=O) groups excluding carboxylic acids is 1. The summed E-state index contributed by atoms with van der Waals surface area (Å²) >= 11 is 0. The van der Waals surface area contributed by atoms with Gasteiger partial charge in [0.25, 0.3) is 5.91 Å². The topological polar surface area (TPSA) is 81.6 Å². The minimum Gasteiger partial charge on any atom is -0.496 e. The number of carbonyl (C=O) groups is 1. The van der Waals surface area contributed by atoms with Crippen LogP contribution in [0.3, 0.4) is 0 Å². The molecular formula is C21H24N4O2. The summed E-state index contributed by atoms with van der Waals surface area (Å²) in [5.74, 6) is 1.55. The number of hydrogen-bond donors (Lipinski definition) is 2. The van der Waals surface area contributed by atoms with Crippen molar-refractivity contribution in [2.45, 2.75) is 32.7 Å². The van der Waals surface area contributed by atoms with E-state index in [1.54, 1.807) is 11.5 Å². The molecule has 0 atom stereocenters. The SMILES string of the molecule is COc1ccc(C)cc1-c1cccn2c(N)c(C(=O)NC3CC(C)C3)nc12. The predicted octanol–water partition coefficient (Wildman–Crippen LogP) is 3.43. The van der Waals surface area contributed by atoms with Gasteiger partial charge in [-0.25, -0.2) is 4.98 Å². The lowest BCUT2D eigenvalue weighted by Crippen LogP contribution is -2.43. The molecular weight excluding hydrogens is 340 g/mol. The highest BCUT2D eigenvalue weighted by molar-refractivity contribution is 5.99. The normalized spacial score (nSPS) is 18.9. The Hall–Kier alpha value is -3.02. The summed E-state index contributed by atoms with van der Waals surface area (Å²) in [4.78, 5) is 17.3. The zero-order valence-electron chi connectivity index (χ0n) is 15.8. The second-order valence-corrected chi connectivity index (χ2v) is 7.41. The maximum atomic E-state index is 12.7. The number of imidazole rings is 1. The number of hydrogen-bond acceptors (Lipinski definition) is 4. The van der Waals surface area contributed by atoms with E-state index >= 15 is 0 Å². The number of fused-ring (bicyclic) bond motifs is 1. The highest BCUT2D eigenvalue weighted by Crippen LogP contribution is 2.34. The molecule has 0 bridgehead atoms. The number of nitrogens with two attached hydrogens (primary N) is 1. The number of nitrogen functional groups attached to an aromatic ring is 1. The molecule has 0 aliphatic heterocycles. The van der Waals surface area contributed by atoms with Gasteiger partial charge in [0.05, 0.1) is 7.11 Å². The summed E-state index contributed by atoms with van der Waals surface area (Å²) < 4.78 is 7.28. The van der Waals surface area contributed by atoms with Crippen LogP contribution >= 0.6 is 0 Å². The summed E-state index contributed by atoms with van der Waals surface area (Å²) in [5, 5.41) is 3.04. The van der Waals surface area contributed by atoms with Crippen LogP contribution in [0.1, 0.15) is 35.8 Å². The van der Waals surface area contributed by atoms with Crippen LogP contribution in [0.2, 0.25) is 0 Å². The summed E-state index contributed by atoms with van der Waals surface area (Å²) in [6, 6.07) is 10.1. The minimum atomic E-state index is -0.213. The van der Waals surface area contributed by atoms with Crippen LogP contribution < -0.4 is 15.8 Å². The lowest BCUT2D eigenvalue weighted by molar-refractivity contribution is 0.0892. The van der Waals surface area contributed by atoms with Crippen LogP contribution in [0, 0.1) is 12.8 Å². The lowest BCUT2D eigenvalue weighted by atomic mass is 9.82. The van der Waals surface area contributed by atoms with Gasteiger partial charge < -0.3 is 15.8 Å². The van der Waals surface area contributed by atoms with E-state index in [-0.39, 0.29) is 17.6 Å². The highest BCUT2D eigenvalue weighted by Gasteiger charge is 2.29. The molecule has 0 unspecified atom stereocenters. The number of amides is 1. The van der Waals surface area contributed by atoms with Gasteiger partial charge in [-0.15, -0.1) is 0 Å². The Balaban J connectivity index is 1.78. The number of benzene rings is 1. The Morgan fingerprint density at radius 2 is 2.07 bits per heavy atom. The van der Waals surface area contributed by atoms with E-state index < -0.39 is 0 Å². The Morgan fingerprint density at radius 1 is 1.30 bits per heavy atom. The third-order valence-electron chi connectivity index (χ3n) is 5.26. The molecule has 2 heterocycles. The van der Waals surface area contributed by atoms with Crippen molar-refractivity contribution in [3.05, 3.63) is 47.8 Å². The first-order chi connectivity index (χ1) is 13.0. The molecule has 27 heavy (non-hydrogen) atoms. The Bertz CT molecular complexity index is 1020. The van der Waals surface area contributed by atoms with Crippen molar-refractivity contribution in [1.82, 2.24) is 14.7 Å². The molecule has 2 aromatic heterocycles. The molecule has 1 fully saturated rings. The van der Waals surface area contributed by atoms with Gasteiger partial charge in [0.1, 0.15) is 17.2 Å². The van der Waals surface area contributed by atoms with Crippen LogP contribution in [-0.2, 0) is 0 Å². The number of rotatable bonds is 4. The van der Waals surface area contributed by atoms with Crippen molar-refractivity contribution in [2.24, 2.45) is 5.92 Å². The van der Waals surface area contributed by atoms with E-state index in [1.165, 1.54) is 0 Å². The fourth-order valence-corrected chi connectivity index (χ4v) is 3.77. The fourth-order valence-electron chi connectivity index (χ4n) is 3.77. The molecule has 1 aliphatic rings. The molecule has 0 spiro atoms. The predicted molar refractivity (Wildman–Crippen MR) is 106 cm³/mol. The molecule has 0 saturated heterocycles. The second-order valence-electron chi connectivity index (χ2n) is 7.41. The van der Waals surface area contributed by atoms with Crippen LogP contribution in [0.5, 0.6) is 5.75 Å². The largest absolute Gasteiger partial charge is 0.496 e. The molecule has 4 rings (SSSR count). The number of aryl methyl sites for hydroxylation is 1. The van der Waals surface area contributed by atoms with E-state index in [4.69, 9.17) is 10.5 Å². The average Bonchev–Trinajstić information content (AvgIpc) is 2.97. The molecule has 3 aromatic rings. The van der Waals surface area contributed by atoms with Crippen LogP contribution in [0.15, 0.2) is 36.5 Å². The van der Waals surface area contributed by atoms with Crippen LogP contribution in [-0.4, -0.2) is 28.4 Å². The number of pyridine rings is 1. The number of aromatic nitrogens is 2. The third kappa shape index (κ3) is 3.01. The smallest absolute Gasteiger partial charge is 0.273 e. The first-order valence-corrected chi connectivity index (χ1v) is 9.20. The maximum Gasteiger partial charge on any atom is 0.273 e. The Morgan fingerprint density at radius 3 is 2.78 bits per heavy atom. The van der Waals surface area contributed by atoms with Crippen molar-refractivity contribution in [3.63, 3.8) is 0 Å². The summed E-state index contributed by atoms with van der Waals surface area (Å²) in [6.07, 6.45) is 3.83. The quantitative estimate of drug-likeness (QED) is 0.743. The van der Waals surface area contributed by atoms with Crippen molar-refractivity contribution in [3.8, 4) is 16.9 Å². The first-order valence-electron chi connectivity index (χ1n) is 9.20. The molecule has 3 N–H and O–H groups in total. The minimum absolute atomic E-state index is 0.213. The molecule has 6 heteroatoms. The van der Waals surface area contributed by atoms with Crippen LogP contribution in [0.25, 0.3) is 16.8 Å². The molecule has 1 saturated carbocycles. The number of anilines is 1. The van der Waals surface area contributed by atoms with E-state index in [0.717, 1.165) is 35.3 Å². The van der Waals surface area contributed by atoms with Crippen LogP contribution in [0.4, 0.5) is 5.82 Å². The van der Waals surface area contributed by atoms with Crippen molar-refractivity contribution < 1.29 is 9.53 Å². The standard InChI is InChI=1S/C21H24N4O2/c1-12-6-7-17(27-3)16(11-12)15-5-4-8-25-19(22)18(24-20(15)25)21(26)23-14-9-13(2)10-14/h4-8,11,13-14H,9-10,22H2,1-3H3,(H,23,26). The number of ether oxygens (including phenoxy) is 1. The molecule has 140 valence electrons. The number of methoxy groups -OCH3 is 1. The van der Waals surface area contributed by atoms with Gasteiger partial charge in [-0.2, -0.15) is 0 Å². The molecule has 1 aromatic carbocycles. The van der Waals surface area contributed by atoms with Crippen molar-refractivity contribution >= 4 is 17.4 Å². The highest BCUT2D eigenvalue weighted by atomic mass is 16.5. The third-order valence-corrected chi connectivity index (χ3v) is 5.26. The van der Waals surface area contributed by atoms with Gasteiger partial charge in [0, 0.05) is 23.4 Å². The lowest BCUT2D eigenvalue weighted by Gasteiger charge is -2.32. The van der Waals surface area contributed by atoms with Gasteiger partial charge in [-0.3, -0.25) is 9.20 Å². The van der Waals surface area contributed by atoms with E-state index in [9.17, 15) is 4.79 Å².